The molecule has 20 heavy (non-hydrogen) atoms. The van der Waals surface area contributed by atoms with Gasteiger partial charge in [-0.3, -0.25) is 0 Å². The molecule has 0 radical (unpaired) electrons. The number of benzene rings is 1. The lowest BCUT2D eigenvalue weighted by Crippen LogP contribution is -2.25. The van der Waals surface area contributed by atoms with Crippen LogP contribution in [0.1, 0.15) is 39.7 Å². The fourth-order valence-corrected chi connectivity index (χ4v) is 2.90. The highest BCUT2D eigenvalue weighted by Crippen LogP contribution is 2.29. The summed E-state index contributed by atoms with van der Waals surface area (Å²) in [7, 11) is 0. The van der Waals surface area contributed by atoms with Crippen LogP contribution in [0.2, 0.25) is 0 Å². The van der Waals surface area contributed by atoms with Crippen molar-refractivity contribution in [2.45, 2.75) is 34.1 Å². The van der Waals surface area contributed by atoms with Crippen molar-refractivity contribution in [1.29, 1.82) is 5.26 Å². The Labute approximate surface area is 121 Å². The molecule has 106 valence electrons. The van der Waals surface area contributed by atoms with Crippen molar-refractivity contribution in [2.75, 3.05) is 11.9 Å². The van der Waals surface area contributed by atoms with E-state index >= 15 is 0 Å². The van der Waals surface area contributed by atoms with Crippen LogP contribution in [-0.2, 0) is 0 Å². The summed E-state index contributed by atoms with van der Waals surface area (Å²) < 4.78 is 0. The second-order valence-corrected chi connectivity index (χ2v) is 6.65. The molecule has 0 saturated heterocycles. The predicted octanol–water partition coefficient (Wildman–Crippen LogP) is 4.52. The van der Waals surface area contributed by atoms with Crippen molar-refractivity contribution in [3.05, 3.63) is 29.8 Å². The molecule has 0 atom stereocenters. The zero-order valence-corrected chi connectivity index (χ0v) is 12.7. The van der Waals surface area contributed by atoms with Gasteiger partial charge in [0.2, 0.25) is 0 Å². The molecule has 2 aromatic rings. The minimum absolute atomic E-state index is 0.207. The number of rotatable bonds is 5. The van der Waals surface area contributed by atoms with E-state index in [9.17, 15) is 5.26 Å². The molecule has 0 saturated carbocycles. The summed E-state index contributed by atoms with van der Waals surface area (Å²) in [6.45, 7) is 9.85. The topological polar surface area (TPSA) is 51.6 Å². The Balaban J connectivity index is 2.20. The van der Waals surface area contributed by atoms with E-state index in [-0.39, 0.29) is 5.41 Å². The SMILES string of the molecule is CC(C)CC(C)(C)CNc1[nH]c2ccccc2c1C#N. The minimum Gasteiger partial charge on any atom is -0.370 e. The van der Waals surface area contributed by atoms with Crippen molar-refractivity contribution < 1.29 is 0 Å². The van der Waals surface area contributed by atoms with Crippen molar-refractivity contribution in [3.63, 3.8) is 0 Å². The van der Waals surface area contributed by atoms with Crippen LogP contribution in [0.15, 0.2) is 24.3 Å². The molecule has 3 nitrogen and oxygen atoms in total. The maximum absolute atomic E-state index is 9.37. The van der Waals surface area contributed by atoms with E-state index in [0.717, 1.165) is 29.7 Å². The maximum atomic E-state index is 9.37. The average molecular weight is 269 g/mol. The fraction of sp³-hybridized carbons (Fsp3) is 0.471. The first kappa shape index (κ1) is 14.5. The van der Waals surface area contributed by atoms with E-state index in [0.29, 0.717) is 11.5 Å². The third-order valence-corrected chi connectivity index (χ3v) is 3.52. The third-order valence-electron chi connectivity index (χ3n) is 3.52. The summed E-state index contributed by atoms with van der Waals surface area (Å²) in [5, 5.41) is 13.8. The number of fused-ring (bicyclic) bond motifs is 1. The lowest BCUT2D eigenvalue weighted by Gasteiger charge is -2.27. The van der Waals surface area contributed by atoms with Gasteiger partial charge in [0.25, 0.3) is 0 Å². The molecular weight excluding hydrogens is 246 g/mol. The summed E-state index contributed by atoms with van der Waals surface area (Å²) in [6.07, 6.45) is 1.15. The van der Waals surface area contributed by atoms with Crippen LogP contribution in [0.25, 0.3) is 10.9 Å². The Bertz CT molecular complexity index is 629. The van der Waals surface area contributed by atoms with Gasteiger partial charge in [0.15, 0.2) is 0 Å². The predicted molar refractivity (Wildman–Crippen MR) is 84.7 cm³/mol. The molecule has 0 spiro atoms. The first-order valence-corrected chi connectivity index (χ1v) is 7.17. The number of hydrogen-bond acceptors (Lipinski definition) is 2. The van der Waals surface area contributed by atoms with Crippen LogP contribution < -0.4 is 5.32 Å². The van der Waals surface area contributed by atoms with E-state index in [2.05, 4.69) is 44.1 Å². The highest BCUT2D eigenvalue weighted by Gasteiger charge is 2.20. The van der Waals surface area contributed by atoms with E-state index in [1.54, 1.807) is 0 Å². The van der Waals surface area contributed by atoms with E-state index in [4.69, 9.17) is 0 Å². The standard InChI is InChI=1S/C17H23N3/c1-12(2)9-17(3,4)11-19-16-14(10-18)13-7-5-6-8-15(13)20-16/h5-8,12,19-20H,9,11H2,1-4H3. The van der Waals surface area contributed by atoms with Gasteiger partial charge in [0.1, 0.15) is 17.5 Å². The third kappa shape index (κ3) is 3.14. The van der Waals surface area contributed by atoms with E-state index in [1.807, 2.05) is 24.3 Å². The molecule has 0 bridgehead atoms. The number of nitrogens with one attached hydrogen (secondary N) is 2. The molecule has 0 unspecified atom stereocenters. The van der Waals surface area contributed by atoms with Crippen LogP contribution in [0.4, 0.5) is 5.82 Å². The number of nitriles is 1. The molecule has 1 aromatic heterocycles. The Hall–Kier alpha value is -1.95. The average Bonchev–Trinajstić information content (AvgIpc) is 2.72. The summed E-state index contributed by atoms with van der Waals surface area (Å²) in [4.78, 5) is 3.31. The smallest absolute Gasteiger partial charge is 0.122 e. The number of H-pyrrole nitrogens is 1. The molecule has 0 aliphatic rings. The highest BCUT2D eigenvalue weighted by molar-refractivity contribution is 5.91. The number of aromatic amines is 1. The van der Waals surface area contributed by atoms with Crippen LogP contribution in [0.3, 0.4) is 0 Å². The van der Waals surface area contributed by atoms with E-state index < -0.39 is 0 Å². The van der Waals surface area contributed by atoms with Crippen molar-refractivity contribution in [2.24, 2.45) is 11.3 Å². The first-order valence-electron chi connectivity index (χ1n) is 7.17. The molecule has 0 aliphatic heterocycles. The first-order chi connectivity index (χ1) is 9.43. The second-order valence-electron chi connectivity index (χ2n) is 6.65. The molecule has 1 heterocycles. The van der Waals surface area contributed by atoms with Gasteiger partial charge in [-0.15, -0.1) is 0 Å². The number of hydrogen-bond donors (Lipinski definition) is 2. The fourth-order valence-electron chi connectivity index (χ4n) is 2.90. The number of aromatic nitrogens is 1. The zero-order chi connectivity index (χ0) is 14.8. The van der Waals surface area contributed by atoms with Gasteiger partial charge in [-0.25, -0.2) is 0 Å². The van der Waals surface area contributed by atoms with Gasteiger partial charge in [0, 0.05) is 17.4 Å². The summed E-state index contributed by atoms with van der Waals surface area (Å²) in [6, 6.07) is 10.2. The Kier molecular flexibility index (Phi) is 4.04. The van der Waals surface area contributed by atoms with Crippen LogP contribution in [0, 0.1) is 22.7 Å². The number of anilines is 1. The van der Waals surface area contributed by atoms with Gasteiger partial charge in [0.05, 0.1) is 0 Å². The maximum Gasteiger partial charge on any atom is 0.122 e. The van der Waals surface area contributed by atoms with Crippen molar-refractivity contribution in [3.8, 4) is 6.07 Å². The Morgan fingerprint density at radius 1 is 1.30 bits per heavy atom. The molecule has 2 N–H and O–H groups in total. The van der Waals surface area contributed by atoms with Gasteiger partial charge < -0.3 is 10.3 Å². The van der Waals surface area contributed by atoms with Gasteiger partial charge in [-0.1, -0.05) is 45.9 Å². The van der Waals surface area contributed by atoms with Crippen molar-refractivity contribution in [1.82, 2.24) is 4.98 Å². The quantitative estimate of drug-likeness (QED) is 0.838. The molecule has 0 fully saturated rings. The number of para-hydroxylation sites is 1. The minimum atomic E-state index is 0.207. The normalized spacial score (nSPS) is 11.8. The lowest BCUT2D eigenvalue weighted by molar-refractivity contribution is 0.306. The molecule has 0 amide bonds. The summed E-state index contributed by atoms with van der Waals surface area (Å²) in [5.74, 6) is 1.51. The van der Waals surface area contributed by atoms with E-state index in [1.165, 1.54) is 0 Å². The summed E-state index contributed by atoms with van der Waals surface area (Å²) >= 11 is 0. The molecular formula is C17H23N3. The molecule has 1 aromatic carbocycles. The largest absolute Gasteiger partial charge is 0.370 e. The van der Waals surface area contributed by atoms with Crippen LogP contribution in [0.5, 0.6) is 0 Å². The van der Waals surface area contributed by atoms with Gasteiger partial charge in [-0.2, -0.15) is 5.26 Å². The molecule has 2 rings (SSSR count). The second kappa shape index (κ2) is 5.58. The highest BCUT2D eigenvalue weighted by atomic mass is 15.0. The van der Waals surface area contributed by atoms with Crippen LogP contribution >= 0.6 is 0 Å². The Morgan fingerprint density at radius 2 is 2.00 bits per heavy atom. The van der Waals surface area contributed by atoms with Crippen molar-refractivity contribution >= 4 is 16.7 Å². The van der Waals surface area contributed by atoms with Crippen LogP contribution in [-0.4, -0.2) is 11.5 Å². The molecule has 0 aliphatic carbocycles. The van der Waals surface area contributed by atoms with Gasteiger partial charge >= 0.3 is 0 Å². The molecule has 3 heteroatoms. The van der Waals surface area contributed by atoms with Gasteiger partial charge in [-0.05, 0) is 23.8 Å². The lowest BCUT2D eigenvalue weighted by atomic mass is 9.84. The Morgan fingerprint density at radius 3 is 2.65 bits per heavy atom. The zero-order valence-electron chi connectivity index (χ0n) is 12.7. The number of nitrogens with zero attached hydrogens (tertiary/aromatic N) is 1. The monoisotopic (exact) mass is 269 g/mol. The summed E-state index contributed by atoms with van der Waals surface area (Å²) in [5.41, 5.74) is 1.92.